The molecule has 1 atom stereocenters. The second kappa shape index (κ2) is 6.49. The van der Waals surface area contributed by atoms with Crippen molar-refractivity contribution in [3.05, 3.63) is 65.2 Å². The van der Waals surface area contributed by atoms with Crippen molar-refractivity contribution < 1.29 is 23.0 Å². The molecular weight excluding hydrogens is 367 g/mol. The standard InChI is InChI=1S/C22H24F3NO2/c1-20(13-26(2)14-20)21(27,18-5-3-4-16(12-18)15-6-7-15)17-8-10-19(11-9-17)28-22(23,24)25/h3-5,8-12,15,27H,6-7,13-14H2,1-2H3/t21-/m0/s1. The quantitative estimate of drug-likeness (QED) is 0.805. The molecule has 0 amide bonds. The molecule has 2 fully saturated rings. The Labute approximate surface area is 162 Å². The van der Waals surface area contributed by atoms with Gasteiger partial charge in [0, 0.05) is 18.5 Å². The van der Waals surface area contributed by atoms with E-state index in [0.717, 1.165) is 18.4 Å². The van der Waals surface area contributed by atoms with E-state index in [0.29, 0.717) is 24.6 Å². The van der Waals surface area contributed by atoms with Crippen LogP contribution in [-0.2, 0) is 5.60 Å². The highest BCUT2D eigenvalue weighted by molar-refractivity contribution is 5.44. The normalized spacial score (nSPS) is 21.6. The fourth-order valence-corrected chi connectivity index (χ4v) is 4.57. The molecule has 1 saturated carbocycles. The first-order valence-electron chi connectivity index (χ1n) is 9.48. The van der Waals surface area contributed by atoms with Crippen molar-refractivity contribution in [2.24, 2.45) is 5.41 Å². The molecule has 1 heterocycles. The molecule has 28 heavy (non-hydrogen) atoms. The number of aliphatic hydroxyl groups is 1. The molecule has 4 rings (SSSR count). The zero-order chi connectivity index (χ0) is 20.2. The van der Waals surface area contributed by atoms with Gasteiger partial charge in [-0.3, -0.25) is 0 Å². The largest absolute Gasteiger partial charge is 0.573 e. The van der Waals surface area contributed by atoms with Crippen molar-refractivity contribution in [1.82, 2.24) is 4.90 Å². The minimum Gasteiger partial charge on any atom is -0.406 e. The SMILES string of the molecule is CN1CC(C)([C@](O)(c2ccc(OC(F)(F)F)cc2)c2cccc(C3CC3)c2)C1. The summed E-state index contributed by atoms with van der Waals surface area (Å²) in [7, 11) is 1.99. The minimum absolute atomic E-state index is 0.291. The van der Waals surface area contributed by atoms with E-state index in [1.54, 1.807) is 0 Å². The van der Waals surface area contributed by atoms with E-state index < -0.39 is 17.4 Å². The number of hydrogen-bond acceptors (Lipinski definition) is 3. The van der Waals surface area contributed by atoms with E-state index in [1.165, 1.54) is 29.8 Å². The summed E-state index contributed by atoms with van der Waals surface area (Å²) in [5.74, 6) is 0.254. The summed E-state index contributed by atoms with van der Waals surface area (Å²) >= 11 is 0. The average Bonchev–Trinajstić information content (AvgIpc) is 3.44. The first kappa shape index (κ1) is 19.3. The van der Waals surface area contributed by atoms with Crippen LogP contribution in [0.2, 0.25) is 0 Å². The highest BCUT2D eigenvalue weighted by Crippen LogP contribution is 2.51. The van der Waals surface area contributed by atoms with Crippen molar-refractivity contribution in [3.63, 3.8) is 0 Å². The molecule has 0 unspecified atom stereocenters. The molecule has 2 aliphatic rings. The van der Waals surface area contributed by atoms with Crippen LogP contribution < -0.4 is 4.74 Å². The molecule has 1 N–H and O–H groups in total. The Bertz CT molecular complexity index is 855. The van der Waals surface area contributed by atoms with Crippen LogP contribution in [0.1, 0.15) is 42.4 Å². The number of likely N-dealkylation sites (tertiary alicyclic amines) is 1. The second-order valence-corrected chi connectivity index (χ2v) is 8.42. The van der Waals surface area contributed by atoms with Crippen LogP contribution in [0.5, 0.6) is 5.75 Å². The monoisotopic (exact) mass is 391 g/mol. The van der Waals surface area contributed by atoms with E-state index in [1.807, 2.05) is 26.1 Å². The molecule has 1 aliphatic heterocycles. The van der Waals surface area contributed by atoms with Crippen LogP contribution in [0.3, 0.4) is 0 Å². The molecule has 1 saturated heterocycles. The van der Waals surface area contributed by atoms with E-state index >= 15 is 0 Å². The van der Waals surface area contributed by atoms with Gasteiger partial charge in [0.15, 0.2) is 0 Å². The summed E-state index contributed by atoms with van der Waals surface area (Å²) in [5, 5.41) is 12.0. The summed E-state index contributed by atoms with van der Waals surface area (Å²) < 4.78 is 41.4. The van der Waals surface area contributed by atoms with Crippen LogP contribution in [-0.4, -0.2) is 36.5 Å². The Balaban J connectivity index is 1.75. The maximum Gasteiger partial charge on any atom is 0.573 e. The summed E-state index contributed by atoms with van der Waals surface area (Å²) in [5.41, 5.74) is 0.823. The lowest BCUT2D eigenvalue weighted by Gasteiger charge is -2.56. The van der Waals surface area contributed by atoms with Gasteiger partial charge in [0.1, 0.15) is 11.4 Å². The van der Waals surface area contributed by atoms with Gasteiger partial charge in [-0.2, -0.15) is 0 Å². The molecule has 150 valence electrons. The Morgan fingerprint density at radius 1 is 1.04 bits per heavy atom. The molecule has 0 bridgehead atoms. The van der Waals surface area contributed by atoms with Gasteiger partial charge in [-0.25, -0.2) is 0 Å². The van der Waals surface area contributed by atoms with Gasteiger partial charge < -0.3 is 14.7 Å². The van der Waals surface area contributed by atoms with Gasteiger partial charge in [-0.05, 0) is 54.6 Å². The molecule has 3 nitrogen and oxygen atoms in total. The van der Waals surface area contributed by atoms with Gasteiger partial charge in [0.05, 0.1) is 0 Å². The topological polar surface area (TPSA) is 32.7 Å². The van der Waals surface area contributed by atoms with Crippen molar-refractivity contribution in [2.75, 3.05) is 20.1 Å². The molecule has 1 aliphatic carbocycles. The summed E-state index contributed by atoms with van der Waals surface area (Å²) in [6.07, 6.45) is -2.42. The van der Waals surface area contributed by atoms with Crippen LogP contribution in [0.4, 0.5) is 13.2 Å². The third kappa shape index (κ3) is 3.40. The molecule has 0 radical (unpaired) electrons. The van der Waals surface area contributed by atoms with E-state index in [-0.39, 0.29) is 5.75 Å². The number of halogens is 3. The summed E-state index contributed by atoms with van der Waals surface area (Å²) in [6.45, 7) is 3.41. The highest BCUT2D eigenvalue weighted by atomic mass is 19.4. The van der Waals surface area contributed by atoms with Crippen molar-refractivity contribution in [2.45, 2.75) is 37.6 Å². The predicted molar refractivity (Wildman–Crippen MR) is 100 cm³/mol. The number of nitrogens with zero attached hydrogens (tertiary/aromatic N) is 1. The van der Waals surface area contributed by atoms with Gasteiger partial charge >= 0.3 is 6.36 Å². The van der Waals surface area contributed by atoms with Gasteiger partial charge in [-0.15, -0.1) is 13.2 Å². The number of hydrogen-bond donors (Lipinski definition) is 1. The summed E-state index contributed by atoms with van der Waals surface area (Å²) in [4.78, 5) is 2.12. The van der Waals surface area contributed by atoms with Crippen LogP contribution in [0, 0.1) is 5.41 Å². The highest BCUT2D eigenvalue weighted by Gasteiger charge is 2.55. The number of ether oxygens (including phenoxy) is 1. The lowest BCUT2D eigenvalue weighted by Crippen LogP contribution is -2.63. The Kier molecular flexibility index (Phi) is 4.47. The molecule has 6 heteroatoms. The van der Waals surface area contributed by atoms with Crippen LogP contribution >= 0.6 is 0 Å². The van der Waals surface area contributed by atoms with Crippen molar-refractivity contribution >= 4 is 0 Å². The minimum atomic E-state index is -4.74. The smallest absolute Gasteiger partial charge is 0.406 e. The van der Waals surface area contributed by atoms with Gasteiger partial charge in [-0.1, -0.05) is 43.3 Å². The third-order valence-corrected chi connectivity index (χ3v) is 5.97. The lowest BCUT2D eigenvalue weighted by molar-refractivity contribution is -0.274. The Hall–Kier alpha value is -2.05. The first-order valence-corrected chi connectivity index (χ1v) is 9.48. The molecule has 2 aromatic rings. The van der Waals surface area contributed by atoms with E-state index in [9.17, 15) is 18.3 Å². The zero-order valence-electron chi connectivity index (χ0n) is 16.0. The Morgan fingerprint density at radius 3 is 2.21 bits per heavy atom. The van der Waals surface area contributed by atoms with E-state index in [2.05, 4.69) is 21.8 Å². The number of benzene rings is 2. The van der Waals surface area contributed by atoms with Crippen LogP contribution in [0.15, 0.2) is 48.5 Å². The fraction of sp³-hybridized carbons (Fsp3) is 0.455. The van der Waals surface area contributed by atoms with Gasteiger partial charge in [0.25, 0.3) is 0 Å². The number of rotatable bonds is 5. The maximum atomic E-state index is 12.5. The fourth-order valence-electron chi connectivity index (χ4n) is 4.57. The van der Waals surface area contributed by atoms with Crippen LogP contribution in [0.25, 0.3) is 0 Å². The average molecular weight is 391 g/mol. The lowest BCUT2D eigenvalue weighted by atomic mass is 9.62. The first-order chi connectivity index (χ1) is 13.1. The van der Waals surface area contributed by atoms with Gasteiger partial charge in [0.2, 0.25) is 0 Å². The van der Waals surface area contributed by atoms with E-state index in [4.69, 9.17) is 0 Å². The Morgan fingerprint density at radius 2 is 1.68 bits per heavy atom. The maximum absolute atomic E-state index is 12.5. The molecular formula is C22H24F3NO2. The third-order valence-electron chi connectivity index (χ3n) is 5.97. The zero-order valence-corrected chi connectivity index (χ0v) is 16.0. The summed E-state index contributed by atoms with van der Waals surface area (Å²) in [6, 6.07) is 13.6. The number of alkyl halides is 3. The molecule has 0 spiro atoms. The molecule has 0 aromatic heterocycles. The predicted octanol–water partition coefficient (Wildman–Crippen LogP) is 4.65. The van der Waals surface area contributed by atoms with Crippen molar-refractivity contribution in [3.8, 4) is 5.75 Å². The second-order valence-electron chi connectivity index (χ2n) is 8.42. The van der Waals surface area contributed by atoms with Crippen molar-refractivity contribution in [1.29, 1.82) is 0 Å². The molecule has 2 aromatic carbocycles.